The molecule has 1 amide bonds. The van der Waals surface area contributed by atoms with E-state index in [1.54, 1.807) is 0 Å². The molecule has 10 heteroatoms. The van der Waals surface area contributed by atoms with Crippen LogP contribution in [0.5, 0.6) is 0 Å². The Kier molecular flexibility index (Phi) is 4.90. The van der Waals surface area contributed by atoms with E-state index >= 15 is 0 Å². The van der Waals surface area contributed by atoms with Crippen molar-refractivity contribution in [1.82, 2.24) is 24.4 Å². The normalized spacial score (nSPS) is 20.1. The highest BCUT2D eigenvalue weighted by Crippen LogP contribution is 2.31. The first-order chi connectivity index (χ1) is 13.3. The van der Waals surface area contributed by atoms with E-state index in [0.717, 1.165) is 38.4 Å². The molecule has 152 valence electrons. The molecule has 0 saturated carbocycles. The van der Waals surface area contributed by atoms with Gasteiger partial charge >= 0.3 is 6.18 Å². The van der Waals surface area contributed by atoms with Crippen molar-refractivity contribution in [2.75, 3.05) is 51.2 Å². The first-order valence-electron chi connectivity index (χ1n) is 9.47. The molecule has 2 aromatic heterocycles. The van der Waals surface area contributed by atoms with Crippen LogP contribution in [0.3, 0.4) is 0 Å². The van der Waals surface area contributed by atoms with Gasteiger partial charge in [0.1, 0.15) is 0 Å². The third kappa shape index (κ3) is 3.65. The number of pyridine rings is 1. The number of fused-ring (bicyclic) bond motifs is 1. The largest absolute Gasteiger partial charge is 0.417 e. The molecule has 2 saturated heterocycles. The molecule has 0 bridgehead atoms. The Morgan fingerprint density at radius 1 is 1.04 bits per heavy atom. The molecular formula is C18H23F3N6O. The molecule has 0 radical (unpaired) electrons. The number of piperidine rings is 1. The van der Waals surface area contributed by atoms with Crippen LogP contribution in [0.1, 0.15) is 18.4 Å². The van der Waals surface area contributed by atoms with E-state index in [9.17, 15) is 18.0 Å². The van der Waals surface area contributed by atoms with Gasteiger partial charge in [-0.1, -0.05) is 0 Å². The maximum absolute atomic E-state index is 13.0. The molecule has 4 heterocycles. The first-order valence-corrected chi connectivity index (χ1v) is 9.47. The lowest BCUT2D eigenvalue weighted by Gasteiger charge is -2.37. The molecule has 0 unspecified atom stereocenters. The van der Waals surface area contributed by atoms with Crippen molar-refractivity contribution in [2.45, 2.75) is 19.0 Å². The highest BCUT2D eigenvalue weighted by atomic mass is 19.4. The Morgan fingerprint density at radius 3 is 2.36 bits per heavy atom. The SMILES string of the molecule is CN1CCN(C(=O)C2CCN(c3nnc4ccc(C(F)(F)F)cn34)CC2)CC1. The third-order valence-electron chi connectivity index (χ3n) is 5.65. The van der Waals surface area contributed by atoms with Crippen molar-refractivity contribution >= 4 is 17.5 Å². The maximum Gasteiger partial charge on any atom is 0.417 e. The summed E-state index contributed by atoms with van der Waals surface area (Å²) in [4.78, 5) is 18.8. The second-order valence-corrected chi connectivity index (χ2v) is 7.53. The van der Waals surface area contributed by atoms with Gasteiger partial charge in [0.2, 0.25) is 11.9 Å². The summed E-state index contributed by atoms with van der Waals surface area (Å²) in [6, 6.07) is 2.33. The van der Waals surface area contributed by atoms with Crippen LogP contribution in [0, 0.1) is 5.92 Å². The van der Waals surface area contributed by atoms with E-state index in [4.69, 9.17) is 0 Å². The number of likely N-dealkylation sites (N-methyl/N-ethyl adjacent to an activating group) is 1. The Balaban J connectivity index is 1.44. The molecule has 2 aliphatic rings. The average Bonchev–Trinajstić information content (AvgIpc) is 3.11. The van der Waals surface area contributed by atoms with Crippen LogP contribution in [0.4, 0.5) is 19.1 Å². The molecule has 2 fully saturated rings. The monoisotopic (exact) mass is 396 g/mol. The molecule has 2 aliphatic heterocycles. The van der Waals surface area contributed by atoms with Crippen molar-refractivity contribution < 1.29 is 18.0 Å². The molecule has 0 aliphatic carbocycles. The standard InChI is InChI=1S/C18H23F3N6O/c1-24-8-10-25(11-9-24)16(28)13-4-6-26(7-5-13)17-23-22-15-3-2-14(12-27(15)17)18(19,20)21/h2-3,12-13H,4-11H2,1H3. The summed E-state index contributed by atoms with van der Waals surface area (Å²) in [7, 11) is 2.05. The summed E-state index contributed by atoms with van der Waals surface area (Å²) < 4.78 is 40.5. The minimum absolute atomic E-state index is 0.0374. The Labute approximate surface area is 160 Å². The molecule has 0 spiro atoms. The Bertz CT molecular complexity index is 851. The van der Waals surface area contributed by atoms with Gasteiger partial charge in [0.15, 0.2) is 5.65 Å². The highest BCUT2D eigenvalue weighted by Gasteiger charge is 2.33. The Morgan fingerprint density at radius 2 is 1.71 bits per heavy atom. The van der Waals surface area contributed by atoms with Gasteiger partial charge in [0.05, 0.1) is 5.56 Å². The fourth-order valence-corrected chi connectivity index (χ4v) is 3.87. The minimum atomic E-state index is -4.42. The van der Waals surface area contributed by atoms with Crippen LogP contribution in [-0.2, 0) is 11.0 Å². The van der Waals surface area contributed by atoms with Crippen LogP contribution in [0.25, 0.3) is 5.65 Å². The molecule has 28 heavy (non-hydrogen) atoms. The predicted octanol–water partition coefficient (Wildman–Crippen LogP) is 1.74. The summed E-state index contributed by atoms with van der Waals surface area (Å²) in [6.07, 6.45) is -2.05. The second kappa shape index (κ2) is 7.23. The number of nitrogens with zero attached hydrogens (tertiary/aromatic N) is 6. The molecule has 0 N–H and O–H groups in total. The number of carbonyl (C=O) groups is 1. The minimum Gasteiger partial charge on any atom is -0.341 e. The van der Waals surface area contributed by atoms with Crippen LogP contribution in [0.2, 0.25) is 0 Å². The number of alkyl halides is 3. The Hall–Kier alpha value is -2.36. The predicted molar refractivity (Wildman–Crippen MR) is 97.0 cm³/mol. The van der Waals surface area contributed by atoms with Gasteiger partial charge in [0, 0.05) is 51.4 Å². The third-order valence-corrected chi connectivity index (χ3v) is 5.65. The molecule has 4 rings (SSSR count). The van der Waals surface area contributed by atoms with E-state index in [0.29, 0.717) is 37.5 Å². The number of hydrogen-bond donors (Lipinski definition) is 0. The zero-order valence-electron chi connectivity index (χ0n) is 15.7. The van der Waals surface area contributed by atoms with Gasteiger partial charge in [-0.2, -0.15) is 13.2 Å². The van der Waals surface area contributed by atoms with Crippen molar-refractivity contribution in [2.24, 2.45) is 5.92 Å². The van der Waals surface area contributed by atoms with Crippen molar-refractivity contribution in [3.8, 4) is 0 Å². The second-order valence-electron chi connectivity index (χ2n) is 7.53. The molecule has 0 atom stereocenters. The maximum atomic E-state index is 13.0. The summed E-state index contributed by atoms with van der Waals surface area (Å²) in [5.41, 5.74) is -0.361. The summed E-state index contributed by atoms with van der Waals surface area (Å²) in [5, 5.41) is 8.06. The lowest BCUT2D eigenvalue weighted by atomic mass is 9.95. The summed E-state index contributed by atoms with van der Waals surface area (Å²) in [6.45, 7) is 4.42. The van der Waals surface area contributed by atoms with Gasteiger partial charge in [0.25, 0.3) is 0 Å². The zero-order valence-corrected chi connectivity index (χ0v) is 15.7. The van der Waals surface area contributed by atoms with Gasteiger partial charge in [-0.3, -0.25) is 9.20 Å². The first kappa shape index (κ1) is 19.0. The summed E-state index contributed by atoms with van der Waals surface area (Å²) in [5.74, 6) is 0.550. The van der Waals surface area contributed by atoms with Crippen LogP contribution < -0.4 is 4.90 Å². The molecule has 7 nitrogen and oxygen atoms in total. The van der Waals surface area contributed by atoms with E-state index < -0.39 is 11.7 Å². The fourth-order valence-electron chi connectivity index (χ4n) is 3.87. The van der Waals surface area contributed by atoms with Crippen molar-refractivity contribution in [3.05, 3.63) is 23.9 Å². The van der Waals surface area contributed by atoms with Crippen molar-refractivity contribution in [3.63, 3.8) is 0 Å². The lowest BCUT2D eigenvalue weighted by Crippen LogP contribution is -2.50. The van der Waals surface area contributed by atoms with E-state index in [1.165, 1.54) is 10.5 Å². The van der Waals surface area contributed by atoms with Gasteiger partial charge in [-0.15, -0.1) is 10.2 Å². The fraction of sp³-hybridized carbons (Fsp3) is 0.611. The number of hydrogen-bond acceptors (Lipinski definition) is 5. The number of halogens is 3. The van der Waals surface area contributed by atoms with E-state index in [-0.39, 0.29) is 11.8 Å². The highest BCUT2D eigenvalue weighted by molar-refractivity contribution is 5.79. The van der Waals surface area contributed by atoms with Crippen LogP contribution in [0.15, 0.2) is 18.3 Å². The lowest BCUT2D eigenvalue weighted by molar-refractivity contribution is -0.138. The number of anilines is 1. The van der Waals surface area contributed by atoms with Gasteiger partial charge < -0.3 is 14.7 Å². The van der Waals surface area contributed by atoms with Gasteiger partial charge in [-0.25, -0.2) is 0 Å². The number of piperazine rings is 1. The quantitative estimate of drug-likeness (QED) is 0.774. The number of amides is 1. The molecule has 2 aromatic rings. The number of rotatable bonds is 2. The molecule has 0 aromatic carbocycles. The van der Waals surface area contributed by atoms with E-state index in [1.807, 2.05) is 16.8 Å². The van der Waals surface area contributed by atoms with Gasteiger partial charge in [-0.05, 0) is 32.0 Å². The van der Waals surface area contributed by atoms with Crippen LogP contribution >= 0.6 is 0 Å². The number of aromatic nitrogens is 3. The van der Waals surface area contributed by atoms with E-state index in [2.05, 4.69) is 15.1 Å². The topological polar surface area (TPSA) is 57.0 Å². The molecular weight excluding hydrogens is 373 g/mol. The number of carbonyl (C=O) groups excluding carboxylic acids is 1. The van der Waals surface area contributed by atoms with Crippen LogP contribution in [-0.4, -0.2) is 76.6 Å². The van der Waals surface area contributed by atoms with Crippen molar-refractivity contribution in [1.29, 1.82) is 0 Å². The zero-order chi connectivity index (χ0) is 19.9. The average molecular weight is 396 g/mol. The summed E-state index contributed by atoms with van der Waals surface area (Å²) >= 11 is 0. The smallest absolute Gasteiger partial charge is 0.341 e.